The number of rotatable bonds is 8. The van der Waals surface area contributed by atoms with Crippen molar-refractivity contribution in [3.63, 3.8) is 0 Å². The average Bonchev–Trinajstić information content (AvgIpc) is 3.22. The maximum Gasteiger partial charge on any atom is 0.416 e. The Morgan fingerprint density at radius 1 is 1.20 bits per heavy atom. The number of alkyl carbamates (subject to hydrolysis) is 1. The summed E-state index contributed by atoms with van der Waals surface area (Å²) in [6.45, 7) is 6.26. The van der Waals surface area contributed by atoms with Crippen molar-refractivity contribution in [1.29, 1.82) is 0 Å². The van der Waals surface area contributed by atoms with Crippen molar-refractivity contribution in [2.45, 2.75) is 63.9 Å². The largest absolute Gasteiger partial charge is 0.444 e. The van der Waals surface area contributed by atoms with Crippen LogP contribution in [0.5, 0.6) is 0 Å². The molecule has 1 aromatic heterocycles. The number of amides is 3. The lowest BCUT2D eigenvalue weighted by molar-refractivity contribution is -0.196. The van der Waals surface area contributed by atoms with Crippen LogP contribution >= 0.6 is 11.3 Å². The number of hydrogen-bond donors (Lipinski definition) is 3. The summed E-state index contributed by atoms with van der Waals surface area (Å²) in [5.41, 5.74) is -4.01. The first-order valence-electron chi connectivity index (χ1n) is 10.6. The molecule has 9 nitrogen and oxygen atoms in total. The van der Waals surface area contributed by atoms with E-state index >= 15 is 0 Å². The number of alkyl halides is 3. The highest BCUT2D eigenvalue weighted by Gasteiger charge is 2.61. The van der Waals surface area contributed by atoms with Crippen LogP contribution in [0.15, 0.2) is 35.9 Å². The van der Waals surface area contributed by atoms with Gasteiger partial charge in [-0.05, 0) is 33.3 Å². The number of nitrogens with zero attached hydrogens (tertiary/aromatic N) is 1. The molecule has 0 spiro atoms. The fourth-order valence-electron chi connectivity index (χ4n) is 3.27. The molecule has 3 atom stereocenters. The molecule has 0 radical (unpaired) electrons. The minimum absolute atomic E-state index is 0.0482. The Morgan fingerprint density at radius 3 is 2.43 bits per heavy atom. The first-order valence-corrected chi connectivity index (χ1v) is 11.5. The Bertz CT molecular complexity index is 1000. The van der Waals surface area contributed by atoms with Crippen LogP contribution in [0.2, 0.25) is 0 Å². The smallest absolute Gasteiger partial charge is 0.416 e. The Morgan fingerprint density at radius 2 is 1.89 bits per heavy atom. The first kappa shape index (κ1) is 28.0. The predicted octanol–water partition coefficient (Wildman–Crippen LogP) is 3.50. The number of anilines is 1. The van der Waals surface area contributed by atoms with Crippen molar-refractivity contribution in [3.8, 4) is 0 Å². The number of thiazole rings is 1. The Hall–Kier alpha value is -3.22. The molecule has 1 aliphatic rings. The van der Waals surface area contributed by atoms with E-state index in [9.17, 15) is 32.3 Å². The van der Waals surface area contributed by atoms with Crippen LogP contribution in [-0.4, -0.2) is 52.0 Å². The molecule has 2 rings (SSSR count). The topological polar surface area (TPSA) is 126 Å². The molecular weight excluding hydrogens is 489 g/mol. The zero-order valence-corrected chi connectivity index (χ0v) is 20.4. The highest BCUT2D eigenvalue weighted by atomic mass is 32.1. The molecule has 1 aliphatic carbocycles. The number of carbonyl (C=O) groups is 4. The summed E-state index contributed by atoms with van der Waals surface area (Å²) in [6, 6.07) is -1.37. The van der Waals surface area contributed by atoms with E-state index in [1.165, 1.54) is 19.2 Å². The van der Waals surface area contributed by atoms with E-state index in [0.29, 0.717) is 6.08 Å². The van der Waals surface area contributed by atoms with E-state index in [1.54, 1.807) is 26.2 Å². The fraction of sp³-hybridized carbons (Fsp3) is 0.500. The monoisotopic (exact) mass is 516 g/mol. The van der Waals surface area contributed by atoms with Crippen LogP contribution < -0.4 is 16.0 Å². The van der Waals surface area contributed by atoms with Crippen molar-refractivity contribution in [3.05, 3.63) is 35.9 Å². The second kappa shape index (κ2) is 11.0. The lowest BCUT2D eigenvalue weighted by Crippen LogP contribution is -2.66. The van der Waals surface area contributed by atoms with Gasteiger partial charge in [0.25, 0.3) is 0 Å². The van der Waals surface area contributed by atoms with Crippen molar-refractivity contribution in [2.75, 3.05) is 5.32 Å². The van der Waals surface area contributed by atoms with Gasteiger partial charge in [0.15, 0.2) is 16.5 Å². The van der Waals surface area contributed by atoms with E-state index in [-0.39, 0.29) is 11.6 Å². The minimum Gasteiger partial charge on any atom is -0.444 e. The molecule has 0 fully saturated rings. The minimum atomic E-state index is -5.11. The molecule has 2 unspecified atom stereocenters. The van der Waals surface area contributed by atoms with Crippen LogP contribution in [0, 0.1) is 5.92 Å². The molecule has 0 saturated carbocycles. The van der Waals surface area contributed by atoms with Gasteiger partial charge in [0.1, 0.15) is 11.6 Å². The van der Waals surface area contributed by atoms with Crippen molar-refractivity contribution in [2.24, 2.45) is 5.92 Å². The summed E-state index contributed by atoms with van der Waals surface area (Å²) < 4.78 is 48.2. The van der Waals surface area contributed by atoms with Crippen molar-refractivity contribution in [1.82, 2.24) is 15.6 Å². The van der Waals surface area contributed by atoms with Gasteiger partial charge >= 0.3 is 12.3 Å². The number of halogens is 3. The van der Waals surface area contributed by atoms with Gasteiger partial charge in [-0.1, -0.05) is 25.2 Å². The Balaban J connectivity index is 2.25. The first-order chi connectivity index (χ1) is 16.2. The molecule has 13 heteroatoms. The van der Waals surface area contributed by atoms with Crippen LogP contribution in [0.3, 0.4) is 0 Å². The summed E-state index contributed by atoms with van der Waals surface area (Å²) >= 11 is 1.08. The third-order valence-electron chi connectivity index (χ3n) is 4.84. The molecule has 192 valence electrons. The average molecular weight is 517 g/mol. The number of aromatic nitrogens is 1. The molecular formula is C22H27F3N4O5S. The van der Waals surface area contributed by atoms with Gasteiger partial charge in [-0.25, -0.2) is 9.78 Å². The van der Waals surface area contributed by atoms with Crippen LogP contribution in [0.4, 0.5) is 23.1 Å². The van der Waals surface area contributed by atoms with E-state index in [1.807, 2.05) is 5.32 Å². The van der Waals surface area contributed by atoms with E-state index in [2.05, 4.69) is 15.6 Å². The molecule has 3 amide bonds. The zero-order valence-electron chi connectivity index (χ0n) is 19.6. The SMILES string of the molecule is CC[C@H](NC(=O)OC(C)(C)C)C(=O)NC1(C(F)(F)F)C=CC=CC1C(=O)CC(=O)Nc1nccs1. The summed E-state index contributed by atoms with van der Waals surface area (Å²) in [5, 5.41) is 8.26. The van der Waals surface area contributed by atoms with Gasteiger partial charge < -0.3 is 20.7 Å². The summed E-state index contributed by atoms with van der Waals surface area (Å²) in [6.07, 6.45) is -1.68. The highest BCUT2D eigenvalue weighted by molar-refractivity contribution is 7.13. The number of nitrogens with one attached hydrogen (secondary N) is 3. The molecule has 0 aromatic carbocycles. The van der Waals surface area contributed by atoms with Gasteiger partial charge in [0, 0.05) is 11.6 Å². The molecule has 3 N–H and O–H groups in total. The summed E-state index contributed by atoms with van der Waals surface area (Å²) in [5.74, 6) is -4.99. The van der Waals surface area contributed by atoms with Crippen molar-refractivity contribution < 1.29 is 37.1 Å². The molecule has 1 aromatic rings. The van der Waals surface area contributed by atoms with E-state index in [0.717, 1.165) is 23.5 Å². The molecule has 0 aliphatic heterocycles. The summed E-state index contributed by atoms with van der Waals surface area (Å²) in [7, 11) is 0. The normalized spacial score (nSPS) is 20.6. The maximum absolute atomic E-state index is 14.4. The number of ketones is 1. The Labute approximate surface area is 204 Å². The zero-order chi connectivity index (χ0) is 26.4. The maximum atomic E-state index is 14.4. The fourth-order valence-corrected chi connectivity index (χ4v) is 3.82. The van der Waals surface area contributed by atoms with Gasteiger partial charge in [-0.3, -0.25) is 14.4 Å². The number of carbonyl (C=O) groups excluding carboxylic acids is 4. The number of allylic oxidation sites excluding steroid dienone is 2. The molecule has 0 saturated heterocycles. The van der Waals surface area contributed by atoms with Crippen LogP contribution in [-0.2, 0) is 19.1 Å². The lowest BCUT2D eigenvalue weighted by Gasteiger charge is -2.40. The van der Waals surface area contributed by atoms with Crippen molar-refractivity contribution >= 4 is 40.2 Å². The second-order valence-electron chi connectivity index (χ2n) is 8.71. The predicted molar refractivity (Wildman–Crippen MR) is 123 cm³/mol. The highest BCUT2D eigenvalue weighted by Crippen LogP contribution is 2.41. The number of hydrogen-bond acceptors (Lipinski definition) is 7. The third-order valence-corrected chi connectivity index (χ3v) is 5.53. The molecule has 1 heterocycles. The summed E-state index contributed by atoms with van der Waals surface area (Å²) in [4.78, 5) is 53.8. The number of Topliss-reactive ketones (excluding diaryl/α,β-unsaturated/α-hetero) is 1. The second-order valence-corrected chi connectivity index (χ2v) is 9.61. The molecule has 35 heavy (non-hydrogen) atoms. The van der Waals surface area contributed by atoms with Gasteiger partial charge in [-0.2, -0.15) is 13.2 Å². The quantitative estimate of drug-likeness (QED) is 0.454. The third kappa shape index (κ3) is 7.38. The van der Waals surface area contributed by atoms with Gasteiger partial charge in [0.2, 0.25) is 11.8 Å². The standard InChI is InChI=1S/C22H27F3N4O5S/c1-5-14(27-19(33)34-20(2,3)4)17(32)29-21(22(23,24)25)9-7-6-8-13(21)15(30)12-16(31)28-18-26-10-11-35-18/h6-11,13-14H,5,12H2,1-4H3,(H,27,33)(H,29,32)(H,26,28,31)/t13?,14-,21?/m0/s1. The number of ether oxygens (including phenoxy) is 1. The van der Waals surface area contributed by atoms with Crippen LogP contribution in [0.1, 0.15) is 40.5 Å². The molecule has 0 bridgehead atoms. The Kier molecular flexibility index (Phi) is 8.82. The lowest BCUT2D eigenvalue weighted by atomic mass is 9.76. The van der Waals surface area contributed by atoms with E-state index in [4.69, 9.17) is 4.74 Å². The van der Waals surface area contributed by atoms with Gasteiger partial charge in [-0.15, -0.1) is 11.3 Å². The van der Waals surface area contributed by atoms with E-state index < -0.39 is 59.4 Å². The van der Waals surface area contributed by atoms with Crippen LogP contribution in [0.25, 0.3) is 0 Å². The van der Waals surface area contributed by atoms with Gasteiger partial charge in [0.05, 0.1) is 12.3 Å².